The molecule has 0 aliphatic heterocycles. The summed E-state index contributed by atoms with van der Waals surface area (Å²) in [6, 6.07) is 4.81. The molecule has 0 radical (unpaired) electrons. The zero-order valence-corrected chi connectivity index (χ0v) is 12.1. The lowest BCUT2D eigenvalue weighted by Gasteiger charge is -2.10. The normalized spacial score (nSPS) is 10.0. The number of methoxy groups -OCH3 is 2. The molecule has 1 heterocycles. The maximum Gasteiger partial charge on any atom is 0.318 e. The van der Waals surface area contributed by atoms with Gasteiger partial charge in [-0.3, -0.25) is 4.79 Å². The summed E-state index contributed by atoms with van der Waals surface area (Å²) in [5, 5.41) is 3.07. The van der Waals surface area contributed by atoms with Gasteiger partial charge in [0.1, 0.15) is 11.4 Å². The number of amides is 1. The van der Waals surface area contributed by atoms with Gasteiger partial charge in [0.05, 0.1) is 26.0 Å². The van der Waals surface area contributed by atoms with Crippen molar-refractivity contribution in [2.45, 2.75) is 0 Å². The average Bonchev–Trinajstić information content (AvgIpc) is 2.48. The minimum Gasteiger partial charge on any atom is -0.496 e. The highest BCUT2D eigenvalue weighted by molar-refractivity contribution is 6.31. The minimum atomic E-state index is -0.413. The van der Waals surface area contributed by atoms with Crippen LogP contribution in [0.25, 0.3) is 0 Å². The molecule has 0 spiro atoms. The van der Waals surface area contributed by atoms with Crippen LogP contribution in [-0.2, 0) is 0 Å². The number of ether oxygens (including phenoxy) is 2. The summed E-state index contributed by atoms with van der Waals surface area (Å²) < 4.78 is 9.96. The lowest BCUT2D eigenvalue weighted by Crippen LogP contribution is -2.15. The van der Waals surface area contributed by atoms with Crippen LogP contribution in [0.4, 0.5) is 11.5 Å². The minimum absolute atomic E-state index is 0.100. The molecule has 0 saturated heterocycles. The molecule has 3 N–H and O–H groups in total. The quantitative estimate of drug-likeness (QED) is 0.896. The Morgan fingerprint density at radius 1 is 1.33 bits per heavy atom. The van der Waals surface area contributed by atoms with Crippen LogP contribution in [0, 0.1) is 0 Å². The number of nitrogens with one attached hydrogen (secondary N) is 1. The average molecular weight is 309 g/mol. The van der Waals surface area contributed by atoms with Crippen LogP contribution in [0.5, 0.6) is 11.8 Å². The predicted molar refractivity (Wildman–Crippen MR) is 79.0 cm³/mol. The Bertz CT molecular complexity index is 678. The Labute approximate surface area is 126 Å². The van der Waals surface area contributed by atoms with Gasteiger partial charge in [0.25, 0.3) is 5.91 Å². The Morgan fingerprint density at radius 3 is 2.71 bits per heavy atom. The number of carbonyl (C=O) groups excluding carboxylic acids is 1. The third kappa shape index (κ3) is 3.32. The lowest BCUT2D eigenvalue weighted by molar-refractivity contribution is 0.102. The Balaban J connectivity index is 2.26. The van der Waals surface area contributed by atoms with Crippen LogP contribution in [0.15, 0.2) is 24.4 Å². The van der Waals surface area contributed by atoms with Crippen LogP contribution >= 0.6 is 11.6 Å². The monoisotopic (exact) mass is 308 g/mol. The lowest BCUT2D eigenvalue weighted by atomic mass is 10.2. The summed E-state index contributed by atoms with van der Waals surface area (Å²) in [7, 11) is 2.87. The largest absolute Gasteiger partial charge is 0.496 e. The first-order valence-corrected chi connectivity index (χ1v) is 6.24. The van der Waals surface area contributed by atoms with E-state index in [9.17, 15) is 4.79 Å². The van der Waals surface area contributed by atoms with E-state index in [2.05, 4.69) is 15.3 Å². The molecule has 110 valence electrons. The molecule has 2 aromatic rings. The fourth-order valence-electron chi connectivity index (χ4n) is 1.61. The second-order valence-corrected chi connectivity index (χ2v) is 4.39. The summed E-state index contributed by atoms with van der Waals surface area (Å²) in [6.07, 6.45) is 1.36. The van der Waals surface area contributed by atoms with Crippen LogP contribution < -0.4 is 20.5 Å². The molecule has 0 bridgehead atoms. The van der Waals surface area contributed by atoms with Gasteiger partial charge in [-0.25, -0.2) is 4.98 Å². The van der Waals surface area contributed by atoms with E-state index in [1.165, 1.54) is 20.4 Å². The van der Waals surface area contributed by atoms with Crippen molar-refractivity contribution in [2.75, 3.05) is 25.3 Å². The number of rotatable bonds is 4. The second kappa shape index (κ2) is 6.27. The zero-order valence-electron chi connectivity index (χ0n) is 11.4. The summed E-state index contributed by atoms with van der Waals surface area (Å²) in [4.78, 5) is 20.0. The van der Waals surface area contributed by atoms with Crippen molar-refractivity contribution in [1.29, 1.82) is 0 Å². The van der Waals surface area contributed by atoms with E-state index in [-0.39, 0.29) is 17.5 Å². The first-order chi connectivity index (χ1) is 10.0. The van der Waals surface area contributed by atoms with Crippen LogP contribution in [0.2, 0.25) is 5.02 Å². The number of nitrogens with zero attached hydrogens (tertiary/aromatic N) is 2. The summed E-state index contributed by atoms with van der Waals surface area (Å²) in [5.74, 6) is 0.0418. The molecule has 21 heavy (non-hydrogen) atoms. The fraction of sp³-hybridized carbons (Fsp3) is 0.154. The maximum absolute atomic E-state index is 12.2. The van der Waals surface area contributed by atoms with Crippen molar-refractivity contribution >= 4 is 29.0 Å². The number of aromatic nitrogens is 2. The van der Waals surface area contributed by atoms with E-state index in [1.54, 1.807) is 18.2 Å². The second-order valence-electron chi connectivity index (χ2n) is 3.95. The van der Waals surface area contributed by atoms with Crippen LogP contribution in [0.3, 0.4) is 0 Å². The van der Waals surface area contributed by atoms with Gasteiger partial charge in [0.2, 0.25) is 0 Å². The molecule has 0 saturated carbocycles. The highest BCUT2D eigenvalue weighted by atomic mass is 35.5. The Kier molecular flexibility index (Phi) is 4.44. The molecule has 0 fully saturated rings. The van der Waals surface area contributed by atoms with Gasteiger partial charge < -0.3 is 20.5 Å². The molecular weight excluding hydrogens is 296 g/mol. The Morgan fingerprint density at radius 2 is 2.10 bits per heavy atom. The molecular formula is C13H13ClN4O3. The molecule has 0 aliphatic rings. The Hall–Kier alpha value is -2.54. The first-order valence-electron chi connectivity index (χ1n) is 5.86. The smallest absolute Gasteiger partial charge is 0.318 e. The molecule has 0 unspecified atom stereocenters. The highest BCUT2D eigenvalue weighted by Crippen LogP contribution is 2.25. The van der Waals surface area contributed by atoms with Crippen molar-refractivity contribution in [2.24, 2.45) is 0 Å². The molecule has 0 atom stereocenters. The maximum atomic E-state index is 12.2. The van der Waals surface area contributed by atoms with Crippen molar-refractivity contribution < 1.29 is 14.3 Å². The molecule has 1 aromatic heterocycles. The number of nitrogen functional groups attached to an aromatic ring is 1. The standard InChI is InChI=1S/C13H13ClN4O3/c1-20-10-5-7(14)3-4-8(10)12(19)17-9-6-16-13(21-2)18-11(9)15/h3-6H,1-2H3,(H,17,19)(H2,15,16,18). The molecule has 8 heteroatoms. The van der Waals surface area contributed by atoms with Gasteiger partial charge in [0, 0.05) is 5.02 Å². The van der Waals surface area contributed by atoms with Gasteiger partial charge in [-0.05, 0) is 18.2 Å². The summed E-state index contributed by atoms with van der Waals surface area (Å²) in [6.45, 7) is 0. The summed E-state index contributed by atoms with van der Waals surface area (Å²) in [5.41, 5.74) is 6.31. The van der Waals surface area contributed by atoms with E-state index in [0.29, 0.717) is 16.3 Å². The number of benzene rings is 1. The predicted octanol–water partition coefficient (Wildman–Crippen LogP) is 1.98. The van der Waals surface area contributed by atoms with Gasteiger partial charge in [-0.1, -0.05) is 11.6 Å². The third-order valence-electron chi connectivity index (χ3n) is 2.64. The van der Waals surface area contributed by atoms with Gasteiger partial charge >= 0.3 is 6.01 Å². The van der Waals surface area contributed by atoms with Crippen LogP contribution in [-0.4, -0.2) is 30.1 Å². The topological polar surface area (TPSA) is 99.4 Å². The van der Waals surface area contributed by atoms with E-state index in [4.69, 9.17) is 26.8 Å². The molecule has 7 nitrogen and oxygen atoms in total. The molecule has 1 amide bonds. The number of anilines is 2. The van der Waals surface area contributed by atoms with E-state index < -0.39 is 5.91 Å². The van der Waals surface area contributed by atoms with Gasteiger partial charge in [-0.15, -0.1) is 0 Å². The highest BCUT2D eigenvalue weighted by Gasteiger charge is 2.15. The number of halogens is 1. The van der Waals surface area contributed by atoms with Gasteiger partial charge in [0.15, 0.2) is 5.82 Å². The van der Waals surface area contributed by atoms with Crippen molar-refractivity contribution in [3.8, 4) is 11.8 Å². The van der Waals surface area contributed by atoms with Gasteiger partial charge in [-0.2, -0.15) is 4.98 Å². The number of hydrogen-bond donors (Lipinski definition) is 2. The van der Waals surface area contributed by atoms with Crippen molar-refractivity contribution in [1.82, 2.24) is 9.97 Å². The van der Waals surface area contributed by atoms with Crippen molar-refractivity contribution in [3.05, 3.63) is 35.0 Å². The number of carbonyl (C=O) groups is 1. The van der Waals surface area contributed by atoms with E-state index in [0.717, 1.165) is 0 Å². The van der Waals surface area contributed by atoms with E-state index in [1.807, 2.05) is 0 Å². The first kappa shape index (κ1) is 14.9. The van der Waals surface area contributed by atoms with Crippen LogP contribution in [0.1, 0.15) is 10.4 Å². The number of hydrogen-bond acceptors (Lipinski definition) is 6. The third-order valence-corrected chi connectivity index (χ3v) is 2.87. The van der Waals surface area contributed by atoms with E-state index >= 15 is 0 Å². The molecule has 0 aliphatic carbocycles. The molecule has 1 aromatic carbocycles. The summed E-state index contributed by atoms with van der Waals surface area (Å²) >= 11 is 5.85. The fourth-order valence-corrected chi connectivity index (χ4v) is 1.78. The number of nitrogens with two attached hydrogens (primary N) is 1. The van der Waals surface area contributed by atoms with Crippen molar-refractivity contribution in [3.63, 3.8) is 0 Å². The SMILES string of the molecule is COc1ncc(NC(=O)c2ccc(Cl)cc2OC)c(N)n1. The zero-order chi connectivity index (χ0) is 15.4. The molecule has 2 rings (SSSR count).